The molecule has 0 radical (unpaired) electrons. The molecule has 0 bridgehead atoms. The van der Waals surface area contributed by atoms with Gasteiger partial charge < -0.3 is 19.5 Å². The van der Waals surface area contributed by atoms with E-state index in [1.54, 1.807) is 11.0 Å². The highest BCUT2D eigenvalue weighted by Crippen LogP contribution is 2.50. The van der Waals surface area contributed by atoms with Crippen molar-refractivity contribution >= 4 is 33.5 Å². The van der Waals surface area contributed by atoms with Gasteiger partial charge in [0, 0.05) is 51.3 Å². The maximum Gasteiger partial charge on any atom is 0.323 e. The van der Waals surface area contributed by atoms with E-state index in [-0.39, 0.29) is 18.1 Å². The highest BCUT2D eigenvalue weighted by molar-refractivity contribution is 9.10. The number of nitrogens with zero attached hydrogens (tertiary/aromatic N) is 1. The Kier molecular flexibility index (Phi) is 8.78. The number of hydrogen-bond donors (Lipinski definition) is 1. The van der Waals surface area contributed by atoms with Crippen LogP contribution in [0.1, 0.15) is 68.1 Å². The fraction of sp³-hybridized carbons (Fsp3) is 0.364. The summed E-state index contributed by atoms with van der Waals surface area (Å²) in [5.74, 6) is -0.477. The molecule has 0 spiro atoms. The first-order valence-corrected chi connectivity index (χ1v) is 14.9. The maximum atomic E-state index is 13.6. The summed E-state index contributed by atoms with van der Waals surface area (Å²) in [5, 5.41) is 9.73. The molecule has 0 fully saturated rings. The number of ketones is 2. The number of aliphatic carboxylic acids is 1. The topological polar surface area (TPSA) is 93.1 Å². The normalized spacial score (nSPS) is 17.4. The number of allylic oxidation sites excluding steroid dienone is 5. The third kappa shape index (κ3) is 5.89. The Hall–Kier alpha value is -3.65. The number of rotatable bonds is 10. The molecule has 1 heterocycles. The third-order valence-electron chi connectivity index (χ3n) is 7.83. The van der Waals surface area contributed by atoms with Gasteiger partial charge in [-0.1, -0.05) is 40.2 Å². The molecule has 0 unspecified atom stereocenters. The zero-order chi connectivity index (χ0) is 29.1. The fourth-order valence-corrected chi connectivity index (χ4v) is 6.46. The predicted molar refractivity (Wildman–Crippen MR) is 159 cm³/mol. The number of ether oxygens (including phenoxy) is 2. The Balaban J connectivity index is 1.66. The van der Waals surface area contributed by atoms with Crippen LogP contribution >= 0.6 is 15.9 Å². The Morgan fingerprint density at radius 1 is 1.02 bits per heavy atom. The second-order valence-electron chi connectivity index (χ2n) is 10.5. The van der Waals surface area contributed by atoms with Crippen LogP contribution in [0.15, 0.2) is 76.1 Å². The zero-order valence-corrected chi connectivity index (χ0v) is 24.8. The van der Waals surface area contributed by atoms with Crippen molar-refractivity contribution in [2.24, 2.45) is 0 Å². The number of Topliss-reactive ketones (excluding diaryl/α,β-unsaturated/α-hetero) is 2. The lowest BCUT2D eigenvalue weighted by molar-refractivity contribution is -0.138. The summed E-state index contributed by atoms with van der Waals surface area (Å²) in [6.45, 7) is 6.33. The van der Waals surface area contributed by atoms with Crippen LogP contribution in [0.25, 0.3) is 0 Å². The quantitative estimate of drug-likeness (QED) is 0.297. The van der Waals surface area contributed by atoms with Gasteiger partial charge in [-0.2, -0.15) is 0 Å². The van der Waals surface area contributed by atoms with Gasteiger partial charge in [0.2, 0.25) is 0 Å². The highest BCUT2D eigenvalue weighted by Gasteiger charge is 2.44. The van der Waals surface area contributed by atoms with Crippen molar-refractivity contribution in [1.82, 2.24) is 4.90 Å². The van der Waals surface area contributed by atoms with Crippen molar-refractivity contribution in [2.45, 2.75) is 64.4 Å². The third-order valence-corrected chi connectivity index (χ3v) is 8.36. The molecule has 3 aliphatic rings. The molecule has 0 saturated carbocycles. The minimum absolute atomic E-state index is 0.0321. The smallest absolute Gasteiger partial charge is 0.323 e. The fourth-order valence-electron chi connectivity index (χ4n) is 6.20. The summed E-state index contributed by atoms with van der Waals surface area (Å²) >= 11 is 3.46. The van der Waals surface area contributed by atoms with Crippen molar-refractivity contribution in [2.75, 3.05) is 13.2 Å². The summed E-state index contributed by atoms with van der Waals surface area (Å²) in [6, 6.07) is 11.8. The Morgan fingerprint density at radius 2 is 1.66 bits per heavy atom. The molecule has 2 aromatic carbocycles. The van der Waals surface area contributed by atoms with Crippen molar-refractivity contribution in [3.05, 3.63) is 92.8 Å². The van der Waals surface area contributed by atoms with E-state index < -0.39 is 11.9 Å². The van der Waals surface area contributed by atoms with Crippen molar-refractivity contribution in [3.63, 3.8) is 0 Å². The molecule has 0 atom stereocenters. The first kappa shape index (κ1) is 28.9. The molecule has 2 aliphatic carbocycles. The molecule has 41 heavy (non-hydrogen) atoms. The van der Waals surface area contributed by atoms with E-state index in [4.69, 9.17) is 9.47 Å². The van der Waals surface area contributed by atoms with Gasteiger partial charge in [0.05, 0.1) is 6.61 Å². The first-order chi connectivity index (χ1) is 19.8. The average Bonchev–Trinajstić information content (AvgIpc) is 2.94. The summed E-state index contributed by atoms with van der Waals surface area (Å²) in [7, 11) is 0. The molecule has 7 nitrogen and oxygen atoms in total. The molecule has 1 N–H and O–H groups in total. The number of carbonyl (C=O) groups excluding carboxylic acids is 2. The van der Waals surface area contributed by atoms with Crippen molar-refractivity contribution in [1.29, 1.82) is 0 Å². The number of carboxylic acid groups (broad SMARTS) is 1. The van der Waals surface area contributed by atoms with Gasteiger partial charge in [0.25, 0.3) is 0 Å². The molecule has 0 amide bonds. The van der Waals surface area contributed by atoms with Gasteiger partial charge in [0.15, 0.2) is 23.1 Å². The van der Waals surface area contributed by atoms with Crippen LogP contribution < -0.4 is 9.47 Å². The summed E-state index contributed by atoms with van der Waals surface area (Å²) < 4.78 is 13.4. The predicted octanol–water partition coefficient (Wildman–Crippen LogP) is 6.65. The van der Waals surface area contributed by atoms with E-state index in [9.17, 15) is 19.5 Å². The molecule has 0 saturated heterocycles. The van der Waals surface area contributed by atoms with Gasteiger partial charge in [-0.05, 0) is 68.4 Å². The van der Waals surface area contributed by atoms with Gasteiger partial charge in [-0.25, -0.2) is 0 Å². The molecule has 0 aromatic heterocycles. The van der Waals surface area contributed by atoms with Crippen LogP contribution in [0.4, 0.5) is 0 Å². The summed E-state index contributed by atoms with van der Waals surface area (Å²) in [4.78, 5) is 40.7. The Bertz CT molecular complexity index is 1410. The van der Waals surface area contributed by atoms with E-state index in [0.717, 1.165) is 32.6 Å². The molecular weight excluding hydrogens is 586 g/mol. The average molecular weight is 621 g/mol. The van der Waals surface area contributed by atoms with Crippen molar-refractivity contribution < 1.29 is 29.0 Å². The van der Waals surface area contributed by atoms with Crippen LogP contribution in [0.5, 0.6) is 11.5 Å². The van der Waals surface area contributed by atoms with Crippen LogP contribution in [0.2, 0.25) is 0 Å². The lowest BCUT2D eigenvalue weighted by Crippen LogP contribution is -2.41. The van der Waals surface area contributed by atoms with E-state index >= 15 is 0 Å². The van der Waals surface area contributed by atoms with Gasteiger partial charge in [-0.15, -0.1) is 6.58 Å². The number of hydrogen-bond acceptors (Lipinski definition) is 6. The highest BCUT2D eigenvalue weighted by atomic mass is 79.9. The largest absolute Gasteiger partial charge is 0.490 e. The summed E-state index contributed by atoms with van der Waals surface area (Å²) in [6.07, 6.45) is 5.56. The van der Waals surface area contributed by atoms with Crippen LogP contribution in [-0.4, -0.2) is 40.7 Å². The van der Waals surface area contributed by atoms with Crippen LogP contribution in [0, 0.1) is 0 Å². The molecule has 8 heteroatoms. The standard InChI is InChI=1S/C33H34BrNO6/c1-3-7-21-16-22(17-28(40-4-2)33(21)41-19-20-12-14-23(34)15-13-20)30-31-24(8-5-10-26(31)36)35(18-29(38)39)25-9-6-11-27(37)32(25)30/h3,12-17,30H,1,4-11,18-19H2,2H3,(H,38,39). The van der Waals surface area contributed by atoms with Gasteiger partial charge >= 0.3 is 5.97 Å². The second-order valence-corrected chi connectivity index (χ2v) is 11.5. The monoisotopic (exact) mass is 619 g/mol. The van der Waals surface area contributed by atoms with Crippen LogP contribution in [-0.2, 0) is 27.4 Å². The van der Waals surface area contributed by atoms with Crippen LogP contribution in [0.3, 0.4) is 0 Å². The van der Waals surface area contributed by atoms with E-state index in [1.807, 2.05) is 43.3 Å². The lowest BCUT2D eigenvalue weighted by atomic mass is 9.70. The number of benzene rings is 2. The molecule has 2 aromatic rings. The minimum Gasteiger partial charge on any atom is -0.490 e. The number of carbonyl (C=O) groups is 3. The minimum atomic E-state index is -0.989. The van der Waals surface area contributed by atoms with E-state index in [1.165, 1.54) is 0 Å². The molecule has 1 aliphatic heterocycles. The van der Waals surface area contributed by atoms with E-state index in [0.29, 0.717) is 80.8 Å². The molecule has 5 rings (SSSR count). The lowest BCUT2D eigenvalue weighted by Gasteiger charge is -2.43. The SMILES string of the molecule is C=CCc1cc(C2C3=C(CCCC3=O)N(CC(=O)O)C3=C2C(=O)CCC3)cc(OCC)c1OCc1ccc(Br)cc1. The zero-order valence-electron chi connectivity index (χ0n) is 23.2. The molecular formula is C33H34BrNO6. The Labute approximate surface area is 248 Å². The number of carboxylic acids is 1. The summed E-state index contributed by atoms with van der Waals surface area (Å²) in [5.41, 5.74) is 5.19. The van der Waals surface area contributed by atoms with E-state index in [2.05, 4.69) is 22.5 Å². The van der Waals surface area contributed by atoms with Gasteiger partial charge in [-0.3, -0.25) is 14.4 Å². The maximum absolute atomic E-state index is 13.6. The number of halogens is 1. The second kappa shape index (κ2) is 12.5. The Morgan fingerprint density at radius 3 is 2.22 bits per heavy atom. The first-order valence-electron chi connectivity index (χ1n) is 14.1. The van der Waals surface area contributed by atoms with Gasteiger partial charge in [0.1, 0.15) is 13.2 Å². The molecule has 214 valence electrons. The van der Waals surface area contributed by atoms with Crippen molar-refractivity contribution in [3.8, 4) is 11.5 Å².